The van der Waals surface area contributed by atoms with Gasteiger partial charge in [0.2, 0.25) is 5.95 Å². The molecule has 9 nitrogen and oxygen atoms in total. The number of nitrogens with one attached hydrogen (secondary N) is 2. The molecule has 41 heavy (non-hydrogen) atoms. The Balaban J connectivity index is 1.16. The van der Waals surface area contributed by atoms with Gasteiger partial charge in [0.25, 0.3) is 0 Å². The van der Waals surface area contributed by atoms with Gasteiger partial charge in [0.05, 0.1) is 29.6 Å². The summed E-state index contributed by atoms with van der Waals surface area (Å²) in [6.45, 7) is 9.74. The first-order valence-electron chi connectivity index (χ1n) is 14.7. The number of nitrogens with zero attached hydrogens (tertiary/aromatic N) is 5. The number of piperidine rings is 1. The van der Waals surface area contributed by atoms with Gasteiger partial charge in [0.1, 0.15) is 17.3 Å². The fourth-order valence-electron chi connectivity index (χ4n) is 6.19. The van der Waals surface area contributed by atoms with E-state index in [0.717, 1.165) is 59.9 Å². The summed E-state index contributed by atoms with van der Waals surface area (Å²) < 4.78 is 12.6. The Kier molecular flexibility index (Phi) is 8.50. The number of aryl methyl sites for hydroxylation is 2. The maximum atomic E-state index is 5.98. The van der Waals surface area contributed by atoms with E-state index in [1.54, 1.807) is 13.3 Å². The van der Waals surface area contributed by atoms with Crippen LogP contribution in [-0.4, -0.2) is 85.8 Å². The van der Waals surface area contributed by atoms with Crippen molar-refractivity contribution in [3.05, 3.63) is 52.1 Å². The summed E-state index contributed by atoms with van der Waals surface area (Å²) in [6.07, 6.45) is 6.21. The average Bonchev–Trinajstić information content (AvgIpc) is 3.00. The van der Waals surface area contributed by atoms with Gasteiger partial charge in [-0.15, -0.1) is 0 Å². The zero-order valence-corrected chi connectivity index (χ0v) is 25.8. The third-order valence-electron chi connectivity index (χ3n) is 8.55. The Morgan fingerprint density at radius 3 is 2.61 bits per heavy atom. The number of hydrogen-bond acceptors (Lipinski definition) is 9. The van der Waals surface area contributed by atoms with Crippen molar-refractivity contribution in [2.24, 2.45) is 0 Å². The highest BCUT2D eigenvalue weighted by Crippen LogP contribution is 2.38. The van der Waals surface area contributed by atoms with Crippen LogP contribution in [0.15, 0.2) is 41.0 Å². The van der Waals surface area contributed by atoms with E-state index in [1.807, 2.05) is 12.1 Å². The van der Waals surface area contributed by atoms with Crippen LogP contribution in [0.4, 0.5) is 28.8 Å². The molecule has 3 aliphatic rings. The minimum Gasteiger partial charge on any atom is -0.494 e. The highest BCUT2D eigenvalue weighted by atomic mass is 79.9. The summed E-state index contributed by atoms with van der Waals surface area (Å²) in [5.41, 5.74) is 5.40. The number of anilines is 5. The smallest absolute Gasteiger partial charge is 0.229 e. The largest absolute Gasteiger partial charge is 0.494 e. The summed E-state index contributed by atoms with van der Waals surface area (Å²) in [7, 11) is 3.94. The molecule has 218 valence electrons. The fourth-order valence-corrected chi connectivity index (χ4v) is 6.48. The zero-order chi connectivity index (χ0) is 28.3. The molecule has 10 heteroatoms. The molecule has 2 fully saturated rings. The molecule has 0 radical (unpaired) electrons. The molecular formula is C31H40BrN7O2. The number of para-hydroxylation sites is 1. The molecule has 0 unspecified atom stereocenters. The second-order valence-corrected chi connectivity index (χ2v) is 12.1. The Hall–Kier alpha value is -3.08. The van der Waals surface area contributed by atoms with Crippen LogP contribution in [0.1, 0.15) is 30.4 Å². The number of methoxy groups -OCH3 is 1. The van der Waals surface area contributed by atoms with Crippen LogP contribution in [0.2, 0.25) is 0 Å². The lowest BCUT2D eigenvalue weighted by Crippen LogP contribution is -2.52. The Morgan fingerprint density at radius 1 is 1.02 bits per heavy atom. The SMILES string of the molecule is COc1cc(N2CCC(N3CCN(C)CC3)CC2)c(C)cc1Nc1ncc(Br)c(Nc2cccc3c2OCCC3)n1. The Bertz CT molecular complexity index is 1370. The first-order valence-corrected chi connectivity index (χ1v) is 15.4. The number of hydrogen-bond donors (Lipinski definition) is 2. The number of ether oxygens (including phenoxy) is 2. The van der Waals surface area contributed by atoms with Crippen molar-refractivity contribution in [2.45, 2.75) is 38.6 Å². The number of piperazine rings is 1. The lowest BCUT2D eigenvalue weighted by atomic mass is 10.0. The van der Waals surface area contributed by atoms with Crippen molar-refractivity contribution < 1.29 is 9.47 Å². The van der Waals surface area contributed by atoms with E-state index in [9.17, 15) is 0 Å². The molecule has 0 aliphatic carbocycles. The normalized spacial score (nSPS) is 18.5. The van der Waals surface area contributed by atoms with E-state index in [1.165, 1.54) is 55.8 Å². The second-order valence-electron chi connectivity index (χ2n) is 11.3. The molecule has 0 spiro atoms. The van der Waals surface area contributed by atoms with Crippen LogP contribution in [0.25, 0.3) is 0 Å². The fraction of sp³-hybridized carbons (Fsp3) is 0.484. The van der Waals surface area contributed by atoms with Crippen LogP contribution >= 0.6 is 15.9 Å². The molecule has 1 aromatic heterocycles. The van der Waals surface area contributed by atoms with E-state index in [2.05, 4.69) is 78.4 Å². The molecule has 2 saturated heterocycles. The summed E-state index contributed by atoms with van der Waals surface area (Å²) in [6, 6.07) is 11.2. The number of fused-ring (bicyclic) bond motifs is 1. The van der Waals surface area contributed by atoms with E-state index in [-0.39, 0.29) is 0 Å². The van der Waals surface area contributed by atoms with Gasteiger partial charge in [0, 0.05) is 63.3 Å². The average molecular weight is 623 g/mol. The standard InChI is InChI=1S/C31H40BrN7O2/c1-21-18-26(28(40-3)19-27(21)39-11-9-23(10-12-39)38-15-13-37(2)14-16-38)35-31-33-20-24(32)30(36-31)34-25-8-4-6-22-7-5-17-41-29(22)25/h4,6,8,18-20,23H,5,7,9-17H2,1-3H3,(H2,33,34,35,36). The quantitative estimate of drug-likeness (QED) is 0.351. The third-order valence-corrected chi connectivity index (χ3v) is 9.13. The maximum absolute atomic E-state index is 5.98. The van der Waals surface area contributed by atoms with E-state index >= 15 is 0 Å². The highest BCUT2D eigenvalue weighted by molar-refractivity contribution is 9.10. The first-order chi connectivity index (χ1) is 20.0. The van der Waals surface area contributed by atoms with Gasteiger partial charge in [-0.25, -0.2) is 4.98 Å². The molecule has 0 atom stereocenters. The van der Waals surface area contributed by atoms with Crippen molar-refractivity contribution >= 4 is 44.8 Å². The van der Waals surface area contributed by atoms with Gasteiger partial charge in [-0.2, -0.15) is 4.98 Å². The monoisotopic (exact) mass is 621 g/mol. The zero-order valence-electron chi connectivity index (χ0n) is 24.3. The highest BCUT2D eigenvalue weighted by Gasteiger charge is 2.28. The molecule has 0 bridgehead atoms. The van der Waals surface area contributed by atoms with Crippen LogP contribution < -0.4 is 25.0 Å². The lowest BCUT2D eigenvalue weighted by Gasteiger charge is -2.43. The Morgan fingerprint density at radius 2 is 1.83 bits per heavy atom. The van der Waals surface area contributed by atoms with Crippen molar-refractivity contribution in [2.75, 3.05) is 75.6 Å². The summed E-state index contributed by atoms with van der Waals surface area (Å²) in [4.78, 5) is 16.9. The number of halogens is 1. The van der Waals surface area contributed by atoms with Crippen molar-refractivity contribution in [3.8, 4) is 11.5 Å². The van der Waals surface area contributed by atoms with E-state index in [4.69, 9.17) is 14.5 Å². The molecule has 2 aromatic carbocycles. The van der Waals surface area contributed by atoms with Crippen LogP contribution in [0.5, 0.6) is 11.5 Å². The number of benzene rings is 2. The number of likely N-dealkylation sites (N-methyl/N-ethyl adjacent to an activating group) is 1. The number of aromatic nitrogens is 2. The summed E-state index contributed by atoms with van der Waals surface area (Å²) in [5, 5.41) is 6.84. The minimum absolute atomic E-state index is 0.486. The van der Waals surface area contributed by atoms with Crippen LogP contribution in [0, 0.1) is 6.92 Å². The van der Waals surface area contributed by atoms with Crippen molar-refractivity contribution in [1.82, 2.24) is 19.8 Å². The van der Waals surface area contributed by atoms with E-state index in [0.29, 0.717) is 17.8 Å². The van der Waals surface area contributed by atoms with Crippen LogP contribution in [-0.2, 0) is 6.42 Å². The molecule has 3 aromatic rings. The predicted octanol–water partition coefficient (Wildman–Crippen LogP) is 5.58. The van der Waals surface area contributed by atoms with Crippen molar-refractivity contribution in [1.29, 1.82) is 0 Å². The second kappa shape index (κ2) is 12.4. The van der Waals surface area contributed by atoms with Gasteiger partial charge >= 0.3 is 0 Å². The van der Waals surface area contributed by atoms with Gasteiger partial charge in [-0.1, -0.05) is 12.1 Å². The molecule has 6 rings (SSSR count). The van der Waals surface area contributed by atoms with Gasteiger partial charge in [-0.05, 0) is 78.8 Å². The summed E-state index contributed by atoms with van der Waals surface area (Å²) >= 11 is 3.60. The van der Waals surface area contributed by atoms with Gasteiger partial charge < -0.3 is 29.9 Å². The Labute approximate surface area is 251 Å². The predicted molar refractivity (Wildman–Crippen MR) is 169 cm³/mol. The van der Waals surface area contributed by atoms with Crippen LogP contribution in [0.3, 0.4) is 0 Å². The topological polar surface area (TPSA) is 78.0 Å². The van der Waals surface area contributed by atoms with Gasteiger partial charge in [-0.3, -0.25) is 4.90 Å². The number of rotatable bonds is 7. The van der Waals surface area contributed by atoms with E-state index < -0.39 is 0 Å². The lowest BCUT2D eigenvalue weighted by molar-refractivity contribution is 0.0982. The first kappa shape index (κ1) is 28.1. The molecule has 0 amide bonds. The molecule has 0 saturated carbocycles. The van der Waals surface area contributed by atoms with Crippen molar-refractivity contribution in [3.63, 3.8) is 0 Å². The van der Waals surface area contributed by atoms with Gasteiger partial charge in [0.15, 0.2) is 0 Å². The molecule has 4 heterocycles. The maximum Gasteiger partial charge on any atom is 0.229 e. The minimum atomic E-state index is 0.486. The molecular weight excluding hydrogens is 582 g/mol. The molecule has 3 aliphatic heterocycles. The molecule has 2 N–H and O–H groups in total. The third kappa shape index (κ3) is 6.24. The summed E-state index contributed by atoms with van der Waals surface area (Å²) in [5.74, 6) is 2.83.